The van der Waals surface area contributed by atoms with Crippen LogP contribution in [-0.2, 0) is 4.79 Å². The van der Waals surface area contributed by atoms with Crippen molar-refractivity contribution in [3.05, 3.63) is 0 Å². The highest BCUT2D eigenvalue weighted by Gasteiger charge is 2.03. The van der Waals surface area contributed by atoms with Gasteiger partial charge >= 0.3 is 5.97 Å². The van der Waals surface area contributed by atoms with Crippen LogP contribution in [0.1, 0.15) is 44.9 Å². The third-order valence-electron chi connectivity index (χ3n) is 2.11. The summed E-state index contributed by atoms with van der Waals surface area (Å²) in [5.41, 5.74) is 0. The van der Waals surface area contributed by atoms with Gasteiger partial charge in [-0.3, -0.25) is 4.79 Å². The number of hydrogen-bond acceptors (Lipinski definition) is 2. The number of aliphatic hydroxyl groups is 1. The molecule has 0 saturated carbocycles. The van der Waals surface area contributed by atoms with Crippen LogP contribution in [0.15, 0.2) is 0 Å². The van der Waals surface area contributed by atoms with E-state index in [1.54, 1.807) is 0 Å². The molecule has 0 fully saturated rings. The second-order valence-electron chi connectivity index (χ2n) is 3.48. The molecular weight excluding hydrogens is 187 g/mol. The van der Waals surface area contributed by atoms with Crippen LogP contribution < -0.4 is 0 Å². The molecule has 1 unspecified atom stereocenters. The molecule has 0 aromatic heterocycles. The summed E-state index contributed by atoms with van der Waals surface area (Å²) in [6, 6.07) is 0. The Bertz CT molecular complexity index is 150. The lowest BCUT2D eigenvalue weighted by molar-refractivity contribution is -0.137. The van der Waals surface area contributed by atoms with Crippen molar-refractivity contribution < 1.29 is 19.4 Å². The standard InChI is InChI=1S/C10H19FO3/c11-9(8-12)6-4-2-1-3-5-7-10(13)14/h9,12H,1-8H2,(H,13,14). The Morgan fingerprint density at radius 2 is 1.71 bits per heavy atom. The number of alkyl halides is 1. The van der Waals surface area contributed by atoms with Crippen LogP contribution in [0.4, 0.5) is 4.39 Å². The average Bonchev–Trinajstić information content (AvgIpc) is 2.15. The number of carbonyl (C=O) groups is 1. The first-order valence-electron chi connectivity index (χ1n) is 5.13. The SMILES string of the molecule is O=C(O)CCCCCCCC(F)CO. The Balaban J connectivity index is 3.02. The average molecular weight is 206 g/mol. The second-order valence-corrected chi connectivity index (χ2v) is 3.48. The number of hydrogen-bond donors (Lipinski definition) is 2. The van der Waals surface area contributed by atoms with Gasteiger partial charge in [0.15, 0.2) is 0 Å². The van der Waals surface area contributed by atoms with Gasteiger partial charge < -0.3 is 10.2 Å². The maximum atomic E-state index is 12.5. The molecule has 0 aliphatic heterocycles. The summed E-state index contributed by atoms with van der Waals surface area (Å²) >= 11 is 0. The molecule has 0 amide bonds. The van der Waals surface area contributed by atoms with Gasteiger partial charge in [0.2, 0.25) is 0 Å². The molecule has 0 aliphatic rings. The van der Waals surface area contributed by atoms with Gasteiger partial charge in [-0.05, 0) is 12.8 Å². The van der Waals surface area contributed by atoms with E-state index in [0.29, 0.717) is 12.8 Å². The summed E-state index contributed by atoms with van der Waals surface area (Å²) in [5.74, 6) is -0.755. The van der Waals surface area contributed by atoms with Crippen LogP contribution in [0.2, 0.25) is 0 Å². The number of aliphatic carboxylic acids is 1. The molecule has 1 atom stereocenters. The number of aliphatic hydroxyl groups excluding tert-OH is 1. The quantitative estimate of drug-likeness (QED) is 0.568. The fraction of sp³-hybridized carbons (Fsp3) is 0.900. The van der Waals surface area contributed by atoms with E-state index in [-0.39, 0.29) is 13.0 Å². The largest absolute Gasteiger partial charge is 0.481 e. The summed E-state index contributed by atoms with van der Waals surface area (Å²) in [6.07, 6.45) is 3.78. The van der Waals surface area contributed by atoms with E-state index in [0.717, 1.165) is 25.7 Å². The second kappa shape index (κ2) is 8.94. The zero-order valence-corrected chi connectivity index (χ0v) is 8.41. The predicted molar refractivity (Wildman–Crippen MR) is 51.9 cm³/mol. The lowest BCUT2D eigenvalue weighted by atomic mass is 10.1. The zero-order chi connectivity index (χ0) is 10.8. The Hall–Kier alpha value is -0.640. The van der Waals surface area contributed by atoms with Crippen molar-refractivity contribution >= 4 is 5.97 Å². The molecule has 0 bridgehead atoms. The molecule has 84 valence electrons. The van der Waals surface area contributed by atoms with E-state index in [2.05, 4.69) is 0 Å². The third-order valence-corrected chi connectivity index (χ3v) is 2.11. The molecule has 0 heterocycles. The molecule has 0 saturated heterocycles. The molecule has 3 nitrogen and oxygen atoms in total. The Morgan fingerprint density at radius 3 is 2.29 bits per heavy atom. The van der Waals surface area contributed by atoms with E-state index >= 15 is 0 Å². The number of halogens is 1. The molecule has 0 spiro atoms. The molecule has 14 heavy (non-hydrogen) atoms. The maximum absolute atomic E-state index is 12.5. The summed E-state index contributed by atoms with van der Waals surface area (Å²) in [5, 5.41) is 16.7. The van der Waals surface area contributed by atoms with Gasteiger partial charge in [0.05, 0.1) is 6.61 Å². The van der Waals surface area contributed by atoms with Gasteiger partial charge in [0.25, 0.3) is 0 Å². The molecular formula is C10H19FO3. The van der Waals surface area contributed by atoms with Crippen LogP contribution in [0, 0.1) is 0 Å². The maximum Gasteiger partial charge on any atom is 0.303 e. The van der Waals surface area contributed by atoms with Crippen molar-refractivity contribution in [2.75, 3.05) is 6.61 Å². The van der Waals surface area contributed by atoms with E-state index in [1.807, 2.05) is 0 Å². The molecule has 0 rings (SSSR count). The Kier molecular flexibility index (Phi) is 8.53. The minimum atomic E-state index is -1.09. The molecule has 0 aliphatic carbocycles. The van der Waals surface area contributed by atoms with Crippen molar-refractivity contribution in [3.8, 4) is 0 Å². The van der Waals surface area contributed by atoms with Crippen LogP contribution in [0.5, 0.6) is 0 Å². The van der Waals surface area contributed by atoms with Crippen molar-refractivity contribution in [1.29, 1.82) is 0 Å². The van der Waals surface area contributed by atoms with Gasteiger partial charge in [-0.1, -0.05) is 25.7 Å². The highest BCUT2D eigenvalue weighted by Crippen LogP contribution is 2.09. The molecule has 2 N–H and O–H groups in total. The van der Waals surface area contributed by atoms with Crippen molar-refractivity contribution in [2.45, 2.75) is 51.1 Å². The number of rotatable bonds is 9. The highest BCUT2D eigenvalue weighted by molar-refractivity contribution is 5.66. The van der Waals surface area contributed by atoms with Gasteiger partial charge in [-0.25, -0.2) is 4.39 Å². The van der Waals surface area contributed by atoms with Crippen molar-refractivity contribution in [2.24, 2.45) is 0 Å². The van der Waals surface area contributed by atoms with E-state index in [4.69, 9.17) is 10.2 Å². The van der Waals surface area contributed by atoms with Crippen LogP contribution in [0.25, 0.3) is 0 Å². The Labute approximate surface area is 83.9 Å². The first kappa shape index (κ1) is 13.4. The van der Waals surface area contributed by atoms with Crippen LogP contribution >= 0.6 is 0 Å². The highest BCUT2D eigenvalue weighted by atomic mass is 19.1. The number of unbranched alkanes of at least 4 members (excludes halogenated alkanes) is 4. The molecule has 0 aromatic carbocycles. The van der Waals surface area contributed by atoms with Crippen molar-refractivity contribution in [3.63, 3.8) is 0 Å². The third kappa shape index (κ3) is 9.45. The summed E-state index contributed by atoms with van der Waals surface area (Å²) < 4.78 is 12.5. The number of carboxylic acids is 1. The lowest BCUT2D eigenvalue weighted by Gasteiger charge is -2.03. The summed E-state index contributed by atoms with van der Waals surface area (Å²) in [6.45, 7) is -0.390. The fourth-order valence-corrected chi connectivity index (χ4v) is 1.26. The first-order valence-corrected chi connectivity index (χ1v) is 5.13. The minimum absolute atomic E-state index is 0.225. The Morgan fingerprint density at radius 1 is 1.14 bits per heavy atom. The van der Waals surface area contributed by atoms with Gasteiger partial charge in [0.1, 0.15) is 6.17 Å². The summed E-state index contributed by atoms with van der Waals surface area (Å²) in [4.78, 5) is 10.1. The normalized spacial score (nSPS) is 12.7. The molecule has 0 aromatic rings. The number of carboxylic acid groups (broad SMARTS) is 1. The fourth-order valence-electron chi connectivity index (χ4n) is 1.26. The lowest BCUT2D eigenvalue weighted by Crippen LogP contribution is -2.05. The smallest absolute Gasteiger partial charge is 0.303 e. The first-order chi connectivity index (χ1) is 6.66. The minimum Gasteiger partial charge on any atom is -0.481 e. The van der Waals surface area contributed by atoms with E-state index < -0.39 is 12.1 Å². The van der Waals surface area contributed by atoms with Gasteiger partial charge in [-0.15, -0.1) is 0 Å². The summed E-state index contributed by atoms with van der Waals surface area (Å²) in [7, 11) is 0. The van der Waals surface area contributed by atoms with Gasteiger partial charge in [-0.2, -0.15) is 0 Å². The topological polar surface area (TPSA) is 57.5 Å². The zero-order valence-electron chi connectivity index (χ0n) is 8.41. The van der Waals surface area contributed by atoms with Crippen LogP contribution in [-0.4, -0.2) is 29.0 Å². The molecule has 0 radical (unpaired) electrons. The van der Waals surface area contributed by atoms with Crippen LogP contribution in [0.3, 0.4) is 0 Å². The molecule has 4 heteroatoms. The van der Waals surface area contributed by atoms with E-state index in [9.17, 15) is 9.18 Å². The van der Waals surface area contributed by atoms with E-state index in [1.165, 1.54) is 0 Å². The van der Waals surface area contributed by atoms with Crippen molar-refractivity contribution in [1.82, 2.24) is 0 Å². The monoisotopic (exact) mass is 206 g/mol. The van der Waals surface area contributed by atoms with Gasteiger partial charge in [0, 0.05) is 6.42 Å². The predicted octanol–water partition coefficient (Wildman–Crippen LogP) is 2.13.